The van der Waals surface area contributed by atoms with Gasteiger partial charge in [-0.3, -0.25) is 4.98 Å². The molecule has 0 saturated carbocycles. The minimum atomic E-state index is -4.68. The van der Waals surface area contributed by atoms with Gasteiger partial charge in [-0.25, -0.2) is 17.2 Å². The van der Waals surface area contributed by atoms with Crippen LogP contribution in [0.15, 0.2) is 72.0 Å². The summed E-state index contributed by atoms with van der Waals surface area (Å²) in [7, 11) is -2.29. The molecule has 0 saturated heterocycles. The molecular weight excluding hydrogens is 467 g/mol. The van der Waals surface area contributed by atoms with Crippen molar-refractivity contribution in [1.29, 1.82) is 0 Å². The first-order valence-electron chi connectivity index (χ1n) is 9.95. The summed E-state index contributed by atoms with van der Waals surface area (Å²) >= 11 is 0. The van der Waals surface area contributed by atoms with Gasteiger partial charge in [-0.15, -0.1) is 0 Å². The lowest BCUT2D eigenvalue weighted by Crippen LogP contribution is -2.12. The van der Waals surface area contributed by atoms with E-state index in [2.05, 4.69) is 20.5 Å². The highest BCUT2D eigenvalue weighted by molar-refractivity contribution is 7.90. The summed E-state index contributed by atoms with van der Waals surface area (Å²) in [5.74, 6) is 0. The van der Waals surface area contributed by atoms with E-state index in [1.165, 1.54) is 48.9 Å². The summed E-state index contributed by atoms with van der Waals surface area (Å²) in [5.41, 5.74) is -0.121. The Morgan fingerprint density at radius 2 is 1.94 bits per heavy atom. The number of fused-ring (bicyclic) bond motifs is 1. The molecule has 0 aliphatic carbocycles. The lowest BCUT2D eigenvalue weighted by molar-refractivity contribution is -0.136. The van der Waals surface area contributed by atoms with Gasteiger partial charge in [0.05, 0.1) is 17.7 Å². The Kier molecular flexibility index (Phi) is 6.03. The van der Waals surface area contributed by atoms with Crippen molar-refractivity contribution in [2.24, 2.45) is 0 Å². The van der Waals surface area contributed by atoms with Crippen LogP contribution in [-0.4, -0.2) is 24.4 Å². The molecule has 4 rings (SSSR count). The largest absolute Gasteiger partial charge is 0.417 e. The van der Waals surface area contributed by atoms with Crippen molar-refractivity contribution in [2.75, 3.05) is 12.4 Å². The van der Waals surface area contributed by atoms with Gasteiger partial charge in [0.2, 0.25) is 0 Å². The molecule has 0 spiro atoms. The SMILES string of the molecule is [C-]#[N+]c1ccc(Nc2ccc3c(CNC)cn(S(=O)(=O)c4cccnc4)c3c2)c(C(F)(F)F)c1. The Balaban J connectivity index is 1.85. The standard InChI is InChI=1S/C23H18F3N5O2S/c1-27-12-15-14-31(34(32,33)18-4-3-9-29-13-18)22-11-17(5-7-19(15)22)30-21-8-6-16(28-2)10-20(21)23(24,25)26/h3-11,13-14,27,30H,12H2,1H3. The molecular formula is C23H18F3N5O2S. The molecule has 0 radical (unpaired) electrons. The van der Waals surface area contributed by atoms with Gasteiger partial charge in [-0.05, 0) is 49.0 Å². The average Bonchev–Trinajstić information content (AvgIpc) is 3.18. The third-order valence-electron chi connectivity index (χ3n) is 5.13. The van der Waals surface area contributed by atoms with Crippen molar-refractivity contribution in [3.8, 4) is 0 Å². The van der Waals surface area contributed by atoms with Gasteiger partial charge in [0.1, 0.15) is 4.90 Å². The number of nitrogens with zero attached hydrogens (tertiary/aromatic N) is 3. The summed E-state index contributed by atoms with van der Waals surface area (Å²) in [4.78, 5) is 6.92. The summed E-state index contributed by atoms with van der Waals surface area (Å²) in [6.07, 6.45) is -0.510. The fraction of sp³-hybridized carbons (Fsp3) is 0.130. The van der Waals surface area contributed by atoms with Gasteiger partial charge < -0.3 is 10.6 Å². The number of halogens is 3. The lowest BCUT2D eigenvalue weighted by atomic mass is 10.1. The number of anilines is 2. The first-order chi connectivity index (χ1) is 16.1. The van der Waals surface area contributed by atoms with E-state index in [9.17, 15) is 21.6 Å². The molecule has 2 N–H and O–H groups in total. The number of pyridine rings is 1. The van der Waals surface area contributed by atoms with Gasteiger partial charge in [0, 0.05) is 41.9 Å². The molecule has 2 aromatic heterocycles. The van der Waals surface area contributed by atoms with Gasteiger partial charge in [-0.2, -0.15) is 13.2 Å². The quantitative estimate of drug-likeness (QED) is 0.362. The summed E-state index contributed by atoms with van der Waals surface area (Å²) in [5, 5.41) is 6.34. The maximum absolute atomic E-state index is 13.6. The Bertz CT molecular complexity index is 1510. The molecule has 0 bridgehead atoms. The predicted octanol–water partition coefficient (Wildman–Crippen LogP) is 5.31. The molecule has 11 heteroatoms. The van der Waals surface area contributed by atoms with Crippen molar-refractivity contribution in [3.05, 3.63) is 89.7 Å². The molecule has 0 aliphatic rings. The summed E-state index contributed by atoms with van der Waals surface area (Å²) < 4.78 is 68.4. The van der Waals surface area contributed by atoms with Crippen LogP contribution in [0.25, 0.3) is 15.7 Å². The number of aromatic nitrogens is 2. The smallest absolute Gasteiger partial charge is 0.355 e. The van der Waals surface area contributed by atoms with Crippen molar-refractivity contribution in [2.45, 2.75) is 17.6 Å². The van der Waals surface area contributed by atoms with Gasteiger partial charge in [0.15, 0.2) is 5.69 Å². The highest BCUT2D eigenvalue weighted by Gasteiger charge is 2.33. The maximum atomic E-state index is 13.6. The van der Waals surface area contributed by atoms with Gasteiger partial charge >= 0.3 is 6.18 Å². The molecule has 0 fully saturated rings. The van der Waals surface area contributed by atoms with Crippen LogP contribution >= 0.6 is 0 Å². The van der Waals surface area contributed by atoms with Crippen LogP contribution in [0, 0.1) is 6.57 Å². The molecule has 2 aromatic carbocycles. The topological polar surface area (TPSA) is 80.4 Å². The zero-order valence-electron chi connectivity index (χ0n) is 17.8. The number of nitrogens with one attached hydrogen (secondary N) is 2. The third-order valence-corrected chi connectivity index (χ3v) is 6.79. The fourth-order valence-electron chi connectivity index (χ4n) is 3.59. The Hall–Kier alpha value is -3.88. The van der Waals surface area contributed by atoms with E-state index in [0.717, 1.165) is 10.0 Å². The van der Waals surface area contributed by atoms with Crippen molar-refractivity contribution in [1.82, 2.24) is 14.3 Å². The molecule has 7 nitrogen and oxygen atoms in total. The maximum Gasteiger partial charge on any atom is 0.417 e. The Labute approximate surface area is 193 Å². The van der Waals surface area contributed by atoms with Crippen LogP contribution in [-0.2, 0) is 22.7 Å². The normalized spacial score (nSPS) is 12.0. The van der Waals surface area contributed by atoms with Crippen LogP contribution in [0.5, 0.6) is 0 Å². The molecule has 2 heterocycles. The minimum Gasteiger partial charge on any atom is -0.355 e. The van der Waals surface area contributed by atoms with Crippen molar-refractivity contribution < 1.29 is 21.6 Å². The van der Waals surface area contributed by atoms with Gasteiger partial charge in [0.25, 0.3) is 10.0 Å². The van der Waals surface area contributed by atoms with Crippen molar-refractivity contribution in [3.63, 3.8) is 0 Å². The van der Waals surface area contributed by atoms with E-state index in [0.29, 0.717) is 23.0 Å². The van der Waals surface area contributed by atoms with E-state index < -0.39 is 21.8 Å². The van der Waals surface area contributed by atoms with Crippen molar-refractivity contribution >= 4 is 38.0 Å². The predicted molar refractivity (Wildman–Crippen MR) is 123 cm³/mol. The lowest BCUT2D eigenvalue weighted by Gasteiger charge is -2.15. The Morgan fingerprint density at radius 1 is 1.15 bits per heavy atom. The summed E-state index contributed by atoms with van der Waals surface area (Å²) in [6, 6.07) is 10.9. The highest BCUT2D eigenvalue weighted by Crippen LogP contribution is 2.39. The first-order valence-corrected chi connectivity index (χ1v) is 11.4. The number of alkyl halides is 3. The van der Waals surface area contributed by atoms with Crippen LogP contribution in [0.3, 0.4) is 0 Å². The molecule has 174 valence electrons. The molecule has 4 aromatic rings. The van der Waals surface area contributed by atoms with E-state index in [4.69, 9.17) is 6.57 Å². The van der Waals surface area contributed by atoms with E-state index in [1.807, 2.05) is 0 Å². The van der Waals surface area contributed by atoms with Crippen LogP contribution in [0.4, 0.5) is 30.2 Å². The van der Waals surface area contributed by atoms with Crippen LogP contribution in [0.1, 0.15) is 11.1 Å². The second-order valence-electron chi connectivity index (χ2n) is 7.37. The molecule has 34 heavy (non-hydrogen) atoms. The molecule has 0 aliphatic heterocycles. The van der Waals surface area contributed by atoms with Crippen LogP contribution in [0.2, 0.25) is 0 Å². The number of hydrogen-bond donors (Lipinski definition) is 2. The van der Waals surface area contributed by atoms with E-state index in [1.54, 1.807) is 19.2 Å². The van der Waals surface area contributed by atoms with E-state index >= 15 is 0 Å². The second kappa shape index (κ2) is 8.81. The summed E-state index contributed by atoms with van der Waals surface area (Å²) in [6.45, 7) is 7.37. The number of rotatable bonds is 6. The first kappa shape index (κ1) is 23.3. The van der Waals surface area contributed by atoms with Crippen LogP contribution < -0.4 is 10.6 Å². The fourth-order valence-corrected chi connectivity index (χ4v) is 4.94. The monoisotopic (exact) mass is 485 g/mol. The molecule has 0 atom stereocenters. The zero-order valence-corrected chi connectivity index (χ0v) is 18.6. The minimum absolute atomic E-state index is 0.0182. The van der Waals surface area contributed by atoms with E-state index in [-0.39, 0.29) is 22.0 Å². The van der Waals surface area contributed by atoms with Gasteiger partial charge in [-0.1, -0.05) is 12.1 Å². The molecule has 0 amide bonds. The number of benzene rings is 2. The average molecular weight is 485 g/mol. The highest BCUT2D eigenvalue weighted by atomic mass is 32.2. The second-order valence-corrected chi connectivity index (χ2v) is 9.19. The Morgan fingerprint density at radius 3 is 2.59 bits per heavy atom. The third kappa shape index (κ3) is 4.33. The number of hydrogen-bond acceptors (Lipinski definition) is 5. The molecule has 0 unspecified atom stereocenters. The zero-order chi connectivity index (χ0) is 24.5.